The molecule has 4 rings (SSSR count). The first-order valence-electron chi connectivity index (χ1n) is 10.7. The van der Waals surface area contributed by atoms with E-state index in [4.69, 9.17) is 26.7 Å². The number of esters is 1. The lowest BCUT2D eigenvalue weighted by atomic mass is 9.79. The lowest BCUT2D eigenvalue weighted by Gasteiger charge is -2.43. The highest BCUT2D eigenvalue weighted by Gasteiger charge is 2.49. The van der Waals surface area contributed by atoms with Gasteiger partial charge in [-0.15, -0.1) is 12.4 Å². The van der Waals surface area contributed by atoms with E-state index in [0.29, 0.717) is 17.3 Å². The van der Waals surface area contributed by atoms with Crippen molar-refractivity contribution in [1.82, 2.24) is 0 Å². The summed E-state index contributed by atoms with van der Waals surface area (Å²) in [5.74, 6) is 1.34. The summed E-state index contributed by atoms with van der Waals surface area (Å²) >= 11 is 5.73. The van der Waals surface area contributed by atoms with Crippen molar-refractivity contribution in [2.24, 2.45) is 4.99 Å². The van der Waals surface area contributed by atoms with Crippen molar-refractivity contribution in [3.05, 3.63) is 54.1 Å². The fraction of sp³-hybridized carbons (Fsp3) is 0.375. The molecule has 0 aromatic heterocycles. The minimum atomic E-state index is -0.318. The third kappa shape index (κ3) is 4.59. The van der Waals surface area contributed by atoms with Crippen molar-refractivity contribution in [2.45, 2.75) is 44.6 Å². The van der Waals surface area contributed by atoms with E-state index in [1.54, 1.807) is 26.2 Å². The highest BCUT2D eigenvalue weighted by molar-refractivity contribution is 7.80. The van der Waals surface area contributed by atoms with Gasteiger partial charge in [0.2, 0.25) is 5.11 Å². The van der Waals surface area contributed by atoms with Crippen LogP contribution in [0.1, 0.15) is 49.4 Å². The number of hydrogen-bond donors (Lipinski definition) is 1. The molecule has 0 saturated heterocycles. The van der Waals surface area contributed by atoms with Gasteiger partial charge in [-0.3, -0.25) is 0 Å². The summed E-state index contributed by atoms with van der Waals surface area (Å²) < 4.78 is 10.5. The Hall–Kier alpha value is -2.64. The molecule has 2 aromatic rings. The molecule has 2 aromatic carbocycles. The molecule has 0 unspecified atom stereocenters. The van der Waals surface area contributed by atoms with Crippen LogP contribution in [0.4, 0.5) is 11.4 Å². The number of rotatable bonds is 5. The molecule has 0 atom stereocenters. The maximum atomic E-state index is 11.9. The number of hydrogen-bond acceptors (Lipinski definition) is 5. The standard InChI is InChI=1S/C24H27N3O3S.ClH/c1-3-30-21(28)17-10-12-18(13-11-17)25-22-24(14-5-4-6-15-24)27(23(31)26-22)19-8-7-9-20(16-19)29-2;/h7-13,16H,3-6,14-15H2,1-2H3,(H,25,26,31);1H. The minimum absolute atomic E-state index is 0. The van der Waals surface area contributed by atoms with E-state index in [0.717, 1.165) is 48.6 Å². The van der Waals surface area contributed by atoms with Gasteiger partial charge in [0.05, 0.1) is 19.3 Å². The summed E-state index contributed by atoms with van der Waals surface area (Å²) in [6.45, 7) is 2.16. The monoisotopic (exact) mass is 473 g/mol. The zero-order valence-electron chi connectivity index (χ0n) is 18.3. The number of carbonyl (C=O) groups excluding carboxylic acids is 1. The van der Waals surface area contributed by atoms with Crippen molar-refractivity contribution in [3.63, 3.8) is 0 Å². The lowest BCUT2D eigenvalue weighted by molar-refractivity contribution is 0.0526. The van der Waals surface area contributed by atoms with Crippen molar-refractivity contribution in [2.75, 3.05) is 23.9 Å². The van der Waals surface area contributed by atoms with Crippen molar-refractivity contribution >= 4 is 52.9 Å². The Labute approximate surface area is 200 Å². The maximum Gasteiger partial charge on any atom is 0.338 e. The molecule has 1 N–H and O–H groups in total. The number of aliphatic imine (C=N–C) groups is 1. The SMILES string of the molecule is CCOC(=O)c1ccc(NC2=NC(=S)N(c3cccc(OC)c3)C23CCCCC3)cc1.Cl. The van der Waals surface area contributed by atoms with E-state index in [1.807, 2.05) is 30.3 Å². The van der Waals surface area contributed by atoms with Gasteiger partial charge >= 0.3 is 5.97 Å². The largest absolute Gasteiger partial charge is 0.497 e. The lowest BCUT2D eigenvalue weighted by Crippen LogP contribution is -2.55. The van der Waals surface area contributed by atoms with Crippen molar-refractivity contribution in [3.8, 4) is 5.75 Å². The van der Waals surface area contributed by atoms with Gasteiger partial charge < -0.3 is 19.7 Å². The van der Waals surface area contributed by atoms with Gasteiger partial charge in [-0.25, -0.2) is 9.79 Å². The van der Waals surface area contributed by atoms with Crippen LogP contribution in [-0.4, -0.2) is 36.2 Å². The zero-order chi connectivity index (χ0) is 21.8. The molecular weight excluding hydrogens is 446 g/mol. The number of ether oxygens (including phenoxy) is 2. The number of benzene rings is 2. The summed E-state index contributed by atoms with van der Waals surface area (Å²) in [6.07, 6.45) is 5.38. The summed E-state index contributed by atoms with van der Waals surface area (Å²) in [7, 11) is 1.67. The molecule has 8 heteroatoms. The molecule has 1 aliphatic carbocycles. The highest BCUT2D eigenvalue weighted by Crippen LogP contribution is 2.42. The van der Waals surface area contributed by atoms with Crippen molar-refractivity contribution < 1.29 is 14.3 Å². The van der Waals surface area contributed by atoms with Gasteiger partial charge in [0, 0.05) is 17.4 Å². The molecule has 1 spiro atoms. The molecule has 1 heterocycles. The number of nitrogens with one attached hydrogen (secondary N) is 1. The van der Waals surface area contributed by atoms with E-state index in [-0.39, 0.29) is 23.9 Å². The third-order valence-corrected chi connectivity index (χ3v) is 6.19. The number of amidine groups is 1. The fourth-order valence-electron chi connectivity index (χ4n) is 4.43. The molecule has 2 aliphatic rings. The van der Waals surface area contributed by atoms with E-state index in [2.05, 4.69) is 16.3 Å². The van der Waals surface area contributed by atoms with Crippen LogP contribution in [0.25, 0.3) is 0 Å². The van der Waals surface area contributed by atoms with Gasteiger partial charge in [0.15, 0.2) is 0 Å². The molecular formula is C24H28ClN3O3S. The van der Waals surface area contributed by atoms with E-state index in [1.165, 1.54) is 6.42 Å². The van der Waals surface area contributed by atoms with Gasteiger partial charge in [-0.1, -0.05) is 25.3 Å². The highest BCUT2D eigenvalue weighted by atomic mass is 35.5. The number of halogens is 1. The first-order chi connectivity index (χ1) is 15.1. The van der Waals surface area contributed by atoms with Gasteiger partial charge in [-0.05, 0) is 68.4 Å². The van der Waals surface area contributed by atoms with Crippen molar-refractivity contribution in [1.29, 1.82) is 0 Å². The van der Waals surface area contributed by atoms with Crippen LogP contribution < -0.4 is 15.0 Å². The number of methoxy groups -OCH3 is 1. The summed E-state index contributed by atoms with van der Waals surface area (Å²) in [5, 5.41) is 4.05. The second-order valence-corrected chi connectivity index (χ2v) is 8.16. The smallest absolute Gasteiger partial charge is 0.338 e. The Kier molecular flexibility index (Phi) is 7.74. The Morgan fingerprint density at radius 2 is 1.88 bits per heavy atom. The molecule has 1 fully saturated rings. The molecule has 0 radical (unpaired) electrons. The zero-order valence-corrected chi connectivity index (χ0v) is 19.9. The van der Waals surface area contributed by atoms with Crippen LogP contribution in [-0.2, 0) is 4.74 Å². The third-order valence-electron chi connectivity index (χ3n) is 5.92. The molecule has 0 bridgehead atoms. The average Bonchev–Trinajstić information content (AvgIpc) is 3.05. The second kappa shape index (κ2) is 10.3. The number of thiocarbonyl (C=S) groups is 1. The van der Waals surface area contributed by atoms with Gasteiger partial charge in [0.25, 0.3) is 0 Å². The normalized spacial score (nSPS) is 16.9. The Balaban J connectivity index is 0.00000289. The molecule has 1 aliphatic heterocycles. The average molecular weight is 474 g/mol. The Morgan fingerprint density at radius 3 is 2.53 bits per heavy atom. The van der Waals surface area contributed by atoms with Crippen LogP contribution in [0.15, 0.2) is 53.5 Å². The van der Waals surface area contributed by atoms with Crippen LogP contribution in [0.3, 0.4) is 0 Å². The molecule has 0 amide bonds. The first-order valence-corrected chi connectivity index (χ1v) is 11.1. The Bertz CT molecular complexity index is 1000. The number of carbonyl (C=O) groups is 1. The second-order valence-electron chi connectivity index (χ2n) is 7.79. The van der Waals surface area contributed by atoms with Gasteiger partial charge in [-0.2, -0.15) is 0 Å². The summed E-state index contributed by atoms with van der Waals surface area (Å²) in [5.41, 5.74) is 2.08. The first kappa shape index (κ1) is 24.0. The summed E-state index contributed by atoms with van der Waals surface area (Å²) in [4.78, 5) is 18.9. The predicted molar refractivity (Wildman–Crippen MR) is 135 cm³/mol. The number of anilines is 2. The van der Waals surface area contributed by atoms with Gasteiger partial charge in [0.1, 0.15) is 17.1 Å². The van der Waals surface area contributed by atoms with E-state index >= 15 is 0 Å². The minimum Gasteiger partial charge on any atom is -0.497 e. The molecule has 1 saturated carbocycles. The van der Waals surface area contributed by atoms with E-state index < -0.39 is 0 Å². The Morgan fingerprint density at radius 1 is 1.16 bits per heavy atom. The summed E-state index contributed by atoms with van der Waals surface area (Å²) in [6, 6.07) is 15.3. The van der Waals surface area contributed by atoms with Crippen LogP contribution in [0.2, 0.25) is 0 Å². The van der Waals surface area contributed by atoms with Crippen LogP contribution >= 0.6 is 24.6 Å². The quantitative estimate of drug-likeness (QED) is 0.449. The number of nitrogens with zero attached hydrogens (tertiary/aromatic N) is 2. The fourth-order valence-corrected chi connectivity index (χ4v) is 4.80. The van der Waals surface area contributed by atoms with Crippen LogP contribution in [0, 0.1) is 0 Å². The molecule has 170 valence electrons. The predicted octanol–water partition coefficient (Wildman–Crippen LogP) is 5.61. The topological polar surface area (TPSA) is 63.2 Å². The molecule has 6 nitrogen and oxygen atoms in total. The van der Waals surface area contributed by atoms with Crippen LogP contribution in [0.5, 0.6) is 5.75 Å². The van der Waals surface area contributed by atoms with E-state index in [9.17, 15) is 4.79 Å². The maximum absolute atomic E-state index is 11.9. The molecule has 32 heavy (non-hydrogen) atoms.